The Hall–Kier alpha value is -4.26. The van der Waals surface area contributed by atoms with Crippen molar-refractivity contribution in [3.8, 4) is 0 Å². The van der Waals surface area contributed by atoms with Gasteiger partial charge in [0.05, 0.1) is 24.4 Å². The van der Waals surface area contributed by atoms with Gasteiger partial charge in [-0.1, -0.05) is 0 Å². The molecule has 18 heteroatoms. The van der Waals surface area contributed by atoms with Gasteiger partial charge in [-0.2, -0.15) is 9.97 Å². The summed E-state index contributed by atoms with van der Waals surface area (Å²) in [6.45, 7) is 6.96. The summed E-state index contributed by atoms with van der Waals surface area (Å²) in [6.07, 6.45) is -2.98. The summed E-state index contributed by atoms with van der Waals surface area (Å²) in [4.78, 5) is 65.2. The first-order chi connectivity index (χ1) is 22.0. The predicted octanol–water partition coefficient (Wildman–Crippen LogP) is -2.59. The van der Waals surface area contributed by atoms with Crippen LogP contribution in [0.1, 0.15) is 34.1 Å². The Kier molecular flexibility index (Phi) is 10.5. The molecule has 0 aliphatic carbocycles. The van der Waals surface area contributed by atoms with E-state index in [2.05, 4.69) is 9.97 Å². The van der Waals surface area contributed by atoms with E-state index in [0.717, 1.165) is 9.13 Å². The van der Waals surface area contributed by atoms with Crippen LogP contribution in [-0.4, -0.2) is 108 Å². The first kappa shape index (κ1) is 35.6. The first-order valence-electron chi connectivity index (χ1n) is 15.5. The summed E-state index contributed by atoms with van der Waals surface area (Å²) >= 11 is 0. The summed E-state index contributed by atoms with van der Waals surface area (Å²) in [5, 5.41) is 41.1. The molecule has 0 amide bonds. The minimum absolute atomic E-state index is 0.0799. The minimum atomic E-state index is -0.815. The zero-order valence-corrected chi connectivity index (χ0v) is 28.2. The van der Waals surface area contributed by atoms with E-state index in [-0.39, 0.29) is 79.9 Å². The number of fused-ring (bicyclic) bond motifs is 2. The molecule has 0 unspecified atom stereocenters. The van der Waals surface area contributed by atoms with Crippen molar-refractivity contribution >= 4 is 34.2 Å². The molecule has 4 atom stereocenters. The van der Waals surface area contributed by atoms with Crippen LogP contribution in [0.3, 0.4) is 0 Å². The molecule has 18 nitrogen and oxygen atoms in total. The molecule has 0 spiro atoms. The number of aliphatic hydroxyl groups excluding tert-OH is 4. The maximum atomic E-state index is 13.5. The third kappa shape index (κ3) is 6.90. The van der Waals surface area contributed by atoms with Crippen LogP contribution in [-0.2, 0) is 41.3 Å². The summed E-state index contributed by atoms with van der Waals surface area (Å²) in [6, 6.07) is 0. The Morgan fingerprint density at radius 3 is 1.13 bits per heavy atom. The van der Waals surface area contributed by atoms with Crippen LogP contribution in [0.15, 0.2) is 19.2 Å². The van der Waals surface area contributed by atoms with Crippen LogP contribution in [0.4, 0.5) is 11.9 Å². The van der Waals surface area contributed by atoms with Crippen LogP contribution in [0.25, 0.3) is 22.3 Å². The van der Waals surface area contributed by atoms with Crippen LogP contribution in [0.2, 0.25) is 0 Å². The van der Waals surface area contributed by atoms with Gasteiger partial charge < -0.3 is 39.4 Å². The molecule has 0 aliphatic heterocycles. The highest BCUT2D eigenvalue weighted by Gasteiger charge is 2.27. The van der Waals surface area contributed by atoms with Crippen LogP contribution >= 0.6 is 0 Å². The molecule has 0 fully saturated rings. The standard InChI is InChI=1S/C29H46N10O8/c1-16(40)12-36(13-17(2)41)26-30-22-20(24(44)34(7)28(46)32(22)5)38(26)10-9-11-39-21-23(33(6)29(47)35(8)25(21)45)31-27(39)37(14-18(3)42)15-19(4)43/h16-19,40-43H,9-15H2,1-8H3/t16-,17-,18+,19+. The van der Waals surface area contributed by atoms with Gasteiger partial charge in [-0.05, 0) is 34.1 Å². The number of imidazole rings is 2. The second kappa shape index (κ2) is 13.8. The largest absolute Gasteiger partial charge is 0.392 e. The van der Waals surface area contributed by atoms with Gasteiger partial charge in [0.2, 0.25) is 11.9 Å². The van der Waals surface area contributed by atoms with E-state index in [1.54, 1.807) is 46.6 Å². The second-order valence-electron chi connectivity index (χ2n) is 12.4. The molecule has 4 N–H and O–H groups in total. The monoisotopic (exact) mass is 662 g/mol. The van der Waals surface area contributed by atoms with E-state index < -0.39 is 46.9 Å². The molecule has 0 saturated heterocycles. The van der Waals surface area contributed by atoms with Gasteiger partial charge in [-0.15, -0.1) is 0 Å². The van der Waals surface area contributed by atoms with Crippen molar-refractivity contribution in [2.24, 2.45) is 28.2 Å². The number of nitrogens with zero attached hydrogens (tertiary/aromatic N) is 10. The number of anilines is 2. The average Bonchev–Trinajstić information content (AvgIpc) is 3.55. The van der Waals surface area contributed by atoms with Crippen LogP contribution in [0.5, 0.6) is 0 Å². The predicted molar refractivity (Wildman–Crippen MR) is 176 cm³/mol. The molecule has 0 radical (unpaired) electrons. The van der Waals surface area contributed by atoms with Crippen molar-refractivity contribution in [2.75, 3.05) is 36.0 Å². The molecule has 0 saturated carbocycles. The Morgan fingerprint density at radius 1 is 0.553 bits per heavy atom. The van der Waals surface area contributed by atoms with E-state index >= 15 is 0 Å². The second-order valence-corrected chi connectivity index (χ2v) is 12.4. The van der Waals surface area contributed by atoms with Crippen LogP contribution in [0, 0.1) is 0 Å². The zero-order valence-electron chi connectivity index (χ0n) is 28.2. The molecular formula is C29H46N10O8. The SMILES string of the molecule is C[C@H](O)CN(C[C@H](C)O)c1nc2c(c(=O)n(C)c(=O)n2C)n1CCCn1c(N(C[C@@H](C)O)C[C@@H](C)O)nc2c1c(=O)n(C)c(=O)n2C. The lowest BCUT2D eigenvalue weighted by atomic mass is 10.3. The van der Waals surface area contributed by atoms with Gasteiger partial charge in [0.25, 0.3) is 11.1 Å². The molecule has 4 aromatic rings. The quantitative estimate of drug-likeness (QED) is 0.110. The molecular weight excluding hydrogens is 616 g/mol. The lowest BCUT2D eigenvalue weighted by molar-refractivity contribution is 0.176. The summed E-state index contributed by atoms with van der Waals surface area (Å²) < 4.78 is 7.75. The smallest absolute Gasteiger partial charge is 0.332 e. The highest BCUT2D eigenvalue weighted by molar-refractivity contribution is 5.75. The molecule has 47 heavy (non-hydrogen) atoms. The molecule has 260 valence electrons. The summed E-state index contributed by atoms with van der Waals surface area (Å²) in [5.41, 5.74) is -1.73. The van der Waals surface area contributed by atoms with Crippen molar-refractivity contribution in [1.29, 1.82) is 0 Å². The van der Waals surface area contributed by atoms with Crippen molar-refractivity contribution in [2.45, 2.75) is 71.6 Å². The number of aliphatic hydroxyl groups is 4. The molecule has 4 rings (SSSR count). The Bertz CT molecular complexity index is 1830. The van der Waals surface area contributed by atoms with E-state index in [4.69, 9.17) is 0 Å². The lowest BCUT2D eigenvalue weighted by Crippen LogP contribution is -2.39. The topological polar surface area (TPSA) is 211 Å². The summed E-state index contributed by atoms with van der Waals surface area (Å²) in [5.74, 6) is 0.526. The molecule has 4 aromatic heterocycles. The normalized spacial score (nSPS) is 14.6. The Labute approximate surface area is 269 Å². The molecule has 4 heterocycles. The average molecular weight is 663 g/mol. The van der Waals surface area contributed by atoms with Gasteiger partial charge in [0.1, 0.15) is 0 Å². The van der Waals surface area contributed by atoms with E-state index in [1.165, 1.54) is 37.3 Å². The Morgan fingerprint density at radius 2 is 0.851 bits per heavy atom. The maximum absolute atomic E-state index is 13.5. The van der Waals surface area contributed by atoms with Gasteiger partial charge >= 0.3 is 11.4 Å². The fourth-order valence-corrected chi connectivity index (χ4v) is 5.91. The van der Waals surface area contributed by atoms with Gasteiger partial charge in [-0.25, -0.2) is 9.59 Å². The summed E-state index contributed by atoms with van der Waals surface area (Å²) in [7, 11) is 5.74. The number of aryl methyl sites for hydroxylation is 4. The van der Waals surface area contributed by atoms with E-state index in [1.807, 2.05) is 0 Å². The lowest BCUT2D eigenvalue weighted by Gasteiger charge is -2.28. The van der Waals surface area contributed by atoms with Crippen LogP contribution < -0.4 is 32.3 Å². The first-order valence-corrected chi connectivity index (χ1v) is 15.5. The number of hydrogen-bond donors (Lipinski definition) is 4. The Balaban J connectivity index is 1.91. The van der Waals surface area contributed by atoms with Crippen molar-refractivity contribution in [1.82, 2.24) is 37.4 Å². The third-order valence-electron chi connectivity index (χ3n) is 7.92. The highest BCUT2D eigenvalue weighted by atomic mass is 16.3. The minimum Gasteiger partial charge on any atom is -0.392 e. The van der Waals surface area contributed by atoms with E-state index in [0.29, 0.717) is 0 Å². The number of aromatic nitrogens is 8. The van der Waals surface area contributed by atoms with Crippen molar-refractivity contribution in [3.63, 3.8) is 0 Å². The maximum Gasteiger partial charge on any atom is 0.332 e. The van der Waals surface area contributed by atoms with E-state index in [9.17, 15) is 39.6 Å². The fourth-order valence-electron chi connectivity index (χ4n) is 5.91. The fraction of sp³-hybridized carbons (Fsp3) is 0.655. The number of hydrogen-bond acceptors (Lipinski definition) is 12. The zero-order chi connectivity index (χ0) is 35.1. The molecule has 0 bridgehead atoms. The van der Waals surface area contributed by atoms with Gasteiger partial charge in [0.15, 0.2) is 22.3 Å². The van der Waals surface area contributed by atoms with Crippen molar-refractivity contribution in [3.05, 3.63) is 41.7 Å². The van der Waals surface area contributed by atoms with Gasteiger partial charge in [0, 0.05) is 67.5 Å². The molecule has 0 aliphatic rings. The third-order valence-corrected chi connectivity index (χ3v) is 7.92. The molecule has 0 aromatic carbocycles. The van der Waals surface area contributed by atoms with Crippen molar-refractivity contribution < 1.29 is 20.4 Å². The number of rotatable bonds is 14. The highest BCUT2D eigenvalue weighted by Crippen LogP contribution is 2.24. The van der Waals surface area contributed by atoms with Gasteiger partial charge in [-0.3, -0.25) is 27.9 Å².